The number of aromatic nitrogens is 3. The van der Waals surface area contributed by atoms with Crippen molar-refractivity contribution in [1.29, 1.82) is 0 Å². The van der Waals surface area contributed by atoms with Crippen molar-refractivity contribution in [3.8, 4) is 0 Å². The number of anilines is 4. The summed E-state index contributed by atoms with van der Waals surface area (Å²) in [5, 5.41) is 14.7. The van der Waals surface area contributed by atoms with E-state index >= 15 is 0 Å². The van der Waals surface area contributed by atoms with Gasteiger partial charge in [0, 0.05) is 11.4 Å². The van der Waals surface area contributed by atoms with Crippen LogP contribution in [-0.4, -0.2) is 15.2 Å². The van der Waals surface area contributed by atoms with Gasteiger partial charge >= 0.3 is 0 Å². The summed E-state index contributed by atoms with van der Waals surface area (Å²) < 4.78 is 0. The van der Waals surface area contributed by atoms with Gasteiger partial charge in [-0.05, 0) is 48.6 Å². The average Bonchev–Trinajstić information content (AvgIpc) is 2.57. The van der Waals surface area contributed by atoms with Gasteiger partial charge in [-0.2, -0.15) is 10.1 Å². The minimum absolute atomic E-state index is 0.419. The predicted octanol–water partition coefficient (Wildman–Crippen LogP) is 5.10. The quantitative estimate of drug-likeness (QED) is 0.680. The molecule has 1 aromatic heterocycles. The molecule has 0 unspecified atom stereocenters. The lowest BCUT2D eigenvalue weighted by Gasteiger charge is -2.16. The second-order valence-electron chi connectivity index (χ2n) is 6.48. The number of nitrogens with one attached hydrogen (secondary N) is 2. The number of benzene rings is 2. The summed E-state index contributed by atoms with van der Waals surface area (Å²) in [6, 6.07) is 14.4. The zero-order chi connectivity index (χ0) is 17.8. The maximum absolute atomic E-state index is 4.54. The molecule has 0 radical (unpaired) electrons. The van der Waals surface area contributed by atoms with Crippen LogP contribution in [0.25, 0.3) is 0 Å². The summed E-state index contributed by atoms with van der Waals surface area (Å²) >= 11 is 0. The Hall–Kier alpha value is -2.95. The van der Waals surface area contributed by atoms with Crippen LogP contribution in [0, 0.1) is 13.8 Å². The van der Waals surface area contributed by atoms with Crippen LogP contribution in [0.5, 0.6) is 0 Å². The van der Waals surface area contributed by atoms with Crippen molar-refractivity contribution in [2.24, 2.45) is 0 Å². The van der Waals surface area contributed by atoms with Crippen molar-refractivity contribution in [2.75, 3.05) is 10.6 Å². The molecule has 1 heterocycles. The number of nitrogens with zero attached hydrogens (tertiary/aromatic N) is 3. The van der Waals surface area contributed by atoms with Gasteiger partial charge in [-0.15, -0.1) is 5.10 Å². The molecule has 2 N–H and O–H groups in total. The van der Waals surface area contributed by atoms with Crippen LogP contribution in [-0.2, 0) is 0 Å². The lowest BCUT2D eigenvalue weighted by atomic mass is 9.98. The van der Waals surface area contributed by atoms with Gasteiger partial charge in [-0.1, -0.05) is 44.2 Å². The van der Waals surface area contributed by atoms with Crippen molar-refractivity contribution < 1.29 is 0 Å². The fourth-order valence-corrected chi connectivity index (χ4v) is 2.74. The van der Waals surface area contributed by atoms with Crippen molar-refractivity contribution in [1.82, 2.24) is 15.2 Å². The highest BCUT2D eigenvalue weighted by Gasteiger charge is 2.10. The molecule has 2 aromatic carbocycles. The number of hydrogen-bond acceptors (Lipinski definition) is 5. The molecule has 0 saturated carbocycles. The molecule has 0 bridgehead atoms. The largest absolute Gasteiger partial charge is 0.338 e. The highest BCUT2D eigenvalue weighted by molar-refractivity contribution is 5.66. The van der Waals surface area contributed by atoms with Gasteiger partial charge in [-0.25, -0.2) is 0 Å². The molecule has 0 atom stereocenters. The van der Waals surface area contributed by atoms with E-state index in [1.807, 2.05) is 31.2 Å². The molecule has 128 valence electrons. The summed E-state index contributed by atoms with van der Waals surface area (Å²) in [6.07, 6.45) is 1.64. The van der Waals surface area contributed by atoms with E-state index in [2.05, 4.69) is 64.8 Å². The second kappa shape index (κ2) is 7.30. The lowest BCUT2D eigenvalue weighted by Crippen LogP contribution is -2.05. The van der Waals surface area contributed by atoms with E-state index in [1.54, 1.807) is 6.20 Å². The Morgan fingerprint density at radius 3 is 2.52 bits per heavy atom. The fourth-order valence-electron chi connectivity index (χ4n) is 2.74. The van der Waals surface area contributed by atoms with Crippen LogP contribution < -0.4 is 10.6 Å². The highest BCUT2D eigenvalue weighted by atomic mass is 15.3. The summed E-state index contributed by atoms with van der Waals surface area (Å²) in [5.41, 5.74) is 5.63. The van der Waals surface area contributed by atoms with Crippen LogP contribution >= 0.6 is 0 Å². The van der Waals surface area contributed by atoms with E-state index in [4.69, 9.17) is 0 Å². The molecule has 0 saturated heterocycles. The van der Waals surface area contributed by atoms with Gasteiger partial charge in [0.1, 0.15) is 0 Å². The van der Waals surface area contributed by atoms with Gasteiger partial charge in [0.25, 0.3) is 0 Å². The first-order valence-corrected chi connectivity index (χ1v) is 8.43. The average molecular weight is 333 g/mol. The molecular formula is C20H23N5. The first-order valence-electron chi connectivity index (χ1n) is 8.43. The van der Waals surface area contributed by atoms with Crippen LogP contribution in [0.1, 0.15) is 36.5 Å². The summed E-state index contributed by atoms with van der Waals surface area (Å²) in [7, 11) is 0. The zero-order valence-electron chi connectivity index (χ0n) is 15.0. The molecule has 3 rings (SSSR count). The van der Waals surface area contributed by atoms with Crippen LogP contribution in [0.15, 0.2) is 48.7 Å². The van der Waals surface area contributed by atoms with Crippen LogP contribution in [0.3, 0.4) is 0 Å². The molecule has 0 fully saturated rings. The predicted molar refractivity (Wildman–Crippen MR) is 103 cm³/mol. The molecule has 0 spiro atoms. The maximum Gasteiger partial charge on any atom is 0.249 e. The monoisotopic (exact) mass is 333 g/mol. The van der Waals surface area contributed by atoms with Gasteiger partial charge in [0.2, 0.25) is 5.95 Å². The number of aryl methyl sites for hydroxylation is 2. The molecular weight excluding hydrogens is 310 g/mol. The molecule has 0 amide bonds. The molecule has 0 aliphatic carbocycles. The van der Waals surface area contributed by atoms with E-state index in [9.17, 15) is 0 Å². The third kappa shape index (κ3) is 4.12. The van der Waals surface area contributed by atoms with E-state index in [1.165, 1.54) is 16.7 Å². The SMILES string of the molecule is Cc1cccc(Nc2nncc(Nc3c(C)cccc3C(C)C)n2)c1. The number of rotatable bonds is 5. The molecule has 0 aliphatic rings. The lowest BCUT2D eigenvalue weighted by molar-refractivity contribution is 0.866. The van der Waals surface area contributed by atoms with Crippen molar-refractivity contribution in [3.05, 3.63) is 65.4 Å². The smallest absolute Gasteiger partial charge is 0.249 e. The maximum atomic E-state index is 4.54. The minimum atomic E-state index is 0.419. The van der Waals surface area contributed by atoms with Gasteiger partial charge in [0.05, 0.1) is 6.20 Å². The Bertz CT molecular complexity index is 873. The van der Waals surface area contributed by atoms with Gasteiger partial charge in [-0.3, -0.25) is 0 Å². The molecule has 5 nitrogen and oxygen atoms in total. The Balaban J connectivity index is 1.86. The van der Waals surface area contributed by atoms with Crippen LogP contribution in [0.4, 0.5) is 23.1 Å². The Kier molecular flexibility index (Phi) is 4.93. The van der Waals surface area contributed by atoms with Gasteiger partial charge < -0.3 is 10.6 Å². The minimum Gasteiger partial charge on any atom is -0.338 e. The summed E-state index contributed by atoms with van der Waals surface area (Å²) in [4.78, 5) is 4.54. The van der Waals surface area contributed by atoms with Crippen LogP contribution in [0.2, 0.25) is 0 Å². The van der Waals surface area contributed by atoms with E-state index in [0.29, 0.717) is 17.7 Å². The standard InChI is InChI=1S/C20H23N5/c1-13(2)17-10-6-8-15(4)19(17)23-18-12-21-25-20(24-18)22-16-9-5-7-14(3)11-16/h5-13H,1-4H3,(H2,22,23,24,25). The number of hydrogen-bond donors (Lipinski definition) is 2. The normalized spacial score (nSPS) is 10.8. The molecule has 0 aliphatic heterocycles. The van der Waals surface area contributed by atoms with Crippen molar-refractivity contribution in [2.45, 2.75) is 33.6 Å². The third-order valence-electron chi connectivity index (χ3n) is 4.01. The molecule has 25 heavy (non-hydrogen) atoms. The van der Waals surface area contributed by atoms with E-state index < -0.39 is 0 Å². The topological polar surface area (TPSA) is 62.7 Å². The van der Waals surface area contributed by atoms with E-state index in [-0.39, 0.29) is 0 Å². The fraction of sp³-hybridized carbons (Fsp3) is 0.250. The molecule has 5 heteroatoms. The first-order chi connectivity index (χ1) is 12.0. The molecule has 3 aromatic rings. The Morgan fingerprint density at radius 2 is 1.76 bits per heavy atom. The van der Waals surface area contributed by atoms with E-state index in [0.717, 1.165) is 11.4 Å². The van der Waals surface area contributed by atoms with Gasteiger partial charge in [0.15, 0.2) is 5.82 Å². The zero-order valence-corrected chi connectivity index (χ0v) is 15.0. The first kappa shape index (κ1) is 16.9. The Morgan fingerprint density at radius 1 is 0.960 bits per heavy atom. The van der Waals surface area contributed by atoms with Crippen molar-refractivity contribution in [3.63, 3.8) is 0 Å². The van der Waals surface area contributed by atoms with Crippen molar-refractivity contribution >= 4 is 23.1 Å². The number of para-hydroxylation sites is 1. The highest BCUT2D eigenvalue weighted by Crippen LogP contribution is 2.29. The Labute approximate surface area is 148 Å². The summed E-state index contributed by atoms with van der Waals surface area (Å²) in [6.45, 7) is 8.51. The second-order valence-corrected chi connectivity index (χ2v) is 6.48. The third-order valence-corrected chi connectivity index (χ3v) is 4.01. The summed E-state index contributed by atoms with van der Waals surface area (Å²) in [5.74, 6) is 1.55.